The van der Waals surface area contributed by atoms with E-state index in [1.807, 2.05) is 6.07 Å². The molecule has 1 nitrogen and oxygen atoms in total. The first-order chi connectivity index (χ1) is 9.15. The van der Waals surface area contributed by atoms with Crippen LogP contribution in [0.3, 0.4) is 0 Å². The molecule has 0 heterocycles. The van der Waals surface area contributed by atoms with Gasteiger partial charge in [0.2, 0.25) is 0 Å². The monoisotopic (exact) mass is 252 g/mol. The molecule has 0 spiro atoms. The maximum atomic E-state index is 10.5. The van der Waals surface area contributed by atoms with Gasteiger partial charge < -0.3 is 5.11 Å². The second kappa shape index (κ2) is 4.82. The topological polar surface area (TPSA) is 20.2 Å². The second-order valence-corrected chi connectivity index (χ2v) is 5.70. The molecule has 1 saturated carbocycles. The van der Waals surface area contributed by atoms with Crippen molar-refractivity contribution in [2.24, 2.45) is 0 Å². The van der Waals surface area contributed by atoms with Gasteiger partial charge in [0.25, 0.3) is 0 Å². The fourth-order valence-electron chi connectivity index (χ4n) is 2.68. The molecule has 0 bridgehead atoms. The van der Waals surface area contributed by atoms with E-state index in [4.69, 9.17) is 0 Å². The van der Waals surface area contributed by atoms with E-state index in [9.17, 15) is 5.11 Å². The van der Waals surface area contributed by atoms with Gasteiger partial charge >= 0.3 is 0 Å². The van der Waals surface area contributed by atoms with Crippen molar-refractivity contribution in [1.82, 2.24) is 0 Å². The lowest BCUT2D eigenvalue weighted by atomic mass is 9.95. The van der Waals surface area contributed by atoms with Crippen LogP contribution in [0.5, 0.6) is 0 Å². The minimum absolute atomic E-state index is 0.520. The van der Waals surface area contributed by atoms with Gasteiger partial charge in [-0.2, -0.15) is 0 Å². The molecule has 1 atom stereocenters. The van der Waals surface area contributed by atoms with Crippen molar-refractivity contribution >= 4 is 0 Å². The maximum absolute atomic E-state index is 10.5. The fraction of sp³-hybridized carbons (Fsp3) is 0.333. The van der Waals surface area contributed by atoms with Crippen LogP contribution >= 0.6 is 0 Å². The number of rotatable bonds is 3. The third-order valence-corrected chi connectivity index (χ3v) is 4.02. The lowest BCUT2D eigenvalue weighted by Crippen LogP contribution is -2.02. The minimum atomic E-state index is -0.520. The van der Waals surface area contributed by atoms with Crippen molar-refractivity contribution in [3.8, 4) is 0 Å². The molecule has 1 N–H and O–H groups in total. The summed E-state index contributed by atoms with van der Waals surface area (Å²) >= 11 is 0. The highest BCUT2D eigenvalue weighted by Gasteiger charge is 2.23. The molecule has 0 radical (unpaired) electrons. The van der Waals surface area contributed by atoms with Gasteiger partial charge in [-0.15, -0.1) is 0 Å². The molecule has 1 aliphatic rings. The first-order valence-electron chi connectivity index (χ1n) is 7.00. The van der Waals surface area contributed by atoms with Crippen molar-refractivity contribution in [2.45, 2.75) is 38.7 Å². The number of aliphatic hydroxyl groups excluding tert-OH is 1. The van der Waals surface area contributed by atoms with Crippen molar-refractivity contribution < 1.29 is 5.11 Å². The Morgan fingerprint density at radius 3 is 2.26 bits per heavy atom. The van der Waals surface area contributed by atoms with E-state index in [-0.39, 0.29) is 0 Å². The van der Waals surface area contributed by atoms with Gasteiger partial charge in [-0.3, -0.25) is 0 Å². The third-order valence-electron chi connectivity index (χ3n) is 4.02. The summed E-state index contributed by atoms with van der Waals surface area (Å²) < 4.78 is 0. The number of aliphatic hydroxyl groups is 1. The predicted octanol–water partition coefficient (Wildman–Crippen LogP) is 4.26. The first-order valence-corrected chi connectivity index (χ1v) is 7.00. The zero-order chi connectivity index (χ0) is 13.4. The summed E-state index contributed by atoms with van der Waals surface area (Å²) in [6, 6.07) is 14.7. The Morgan fingerprint density at radius 1 is 1.00 bits per heavy atom. The standard InChI is InChI=1S/C18H20O/c1-12-3-10-17(13(2)11-12)18(19)16-8-6-15(7-9-16)14-4-5-14/h3,6-11,14,18-19H,4-5H2,1-2H3. The van der Waals surface area contributed by atoms with Crippen LogP contribution in [0.2, 0.25) is 0 Å². The molecule has 98 valence electrons. The molecule has 1 aliphatic carbocycles. The Bertz CT molecular complexity index is 579. The van der Waals surface area contributed by atoms with E-state index >= 15 is 0 Å². The lowest BCUT2D eigenvalue weighted by molar-refractivity contribution is 0.219. The molecule has 2 aromatic carbocycles. The number of benzene rings is 2. The van der Waals surface area contributed by atoms with Crippen LogP contribution in [0.25, 0.3) is 0 Å². The van der Waals surface area contributed by atoms with Gasteiger partial charge in [0.05, 0.1) is 0 Å². The average Bonchev–Trinajstić information content (AvgIpc) is 3.22. The molecule has 3 rings (SSSR count). The van der Waals surface area contributed by atoms with Crippen LogP contribution < -0.4 is 0 Å². The zero-order valence-electron chi connectivity index (χ0n) is 11.6. The zero-order valence-corrected chi connectivity index (χ0v) is 11.6. The Labute approximate surface area is 114 Å². The third kappa shape index (κ3) is 2.57. The van der Waals surface area contributed by atoms with Crippen LogP contribution in [0.15, 0.2) is 42.5 Å². The van der Waals surface area contributed by atoms with Gasteiger partial charge in [-0.05, 0) is 54.9 Å². The highest BCUT2D eigenvalue weighted by Crippen LogP contribution is 2.40. The van der Waals surface area contributed by atoms with E-state index in [0.29, 0.717) is 0 Å². The largest absolute Gasteiger partial charge is 0.384 e. The molecular formula is C18H20O. The van der Waals surface area contributed by atoms with Gasteiger partial charge in [0.15, 0.2) is 0 Å². The Morgan fingerprint density at radius 2 is 1.68 bits per heavy atom. The van der Waals surface area contributed by atoms with Crippen molar-refractivity contribution in [2.75, 3.05) is 0 Å². The molecular weight excluding hydrogens is 232 g/mol. The van der Waals surface area contributed by atoms with Crippen LogP contribution in [0, 0.1) is 13.8 Å². The molecule has 2 aromatic rings. The summed E-state index contributed by atoms with van der Waals surface area (Å²) in [5, 5.41) is 10.5. The van der Waals surface area contributed by atoms with Gasteiger partial charge in [-0.1, -0.05) is 48.0 Å². The summed E-state index contributed by atoms with van der Waals surface area (Å²) in [5.74, 6) is 0.771. The molecule has 0 amide bonds. The van der Waals surface area contributed by atoms with Crippen LogP contribution in [0.4, 0.5) is 0 Å². The Hall–Kier alpha value is -1.60. The molecule has 1 unspecified atom stereocenters. The van der Waals surface area contributed by atoms with Crippen LogP contribution in [-0.4, -0.2) is 5.11 Å². The van der Waals surface area contributed by atoms with Gasteiger partial charge in [-0.25, -0.2) is 0 Å². The summed E-state index contributed by atoms with van der Waals surface area (Å²) in [6.45, 7) is 4.14. The fourth-order valence-corrected chi connectivity index (χ4v) is 2.68. The quantitative estimate of drug-likeness (QED) is 0.865. The average molecular weight is 252 g/mol. The van der Waals surface area contributed by atoms with Crippen LogP contribution in [-0.2, 0) is 0 Å². The number of hydrogen-bond acceptors (Lipinski definition) is 1. The lowest BCUT2D eigenvalue weighted by Gasteiger charge is -2.15. The van der Waals surface area contributed by atoms with Crippen molar-refractivity contribution in [3.63, 3.8) is 0 Å². The summed E-state index contributed by atoms with van der Waals surface area (Å²) in [7, 11) is 0. The summed E-state index contributed by atoms with van der Waals surface area (Å²) in [6.07, 6.45) is 2.12. The molecule has 0 aromatic heterocycles. The molecule has 0 saturated heterocycles. The highest BCUT2D eigenvalue weighted by molar-refractivity contribution is 5.39. The first kappa shape index (κ1) is 12.4. The Kier molecular flexibility index (Phi) is 3.16. The highest BCUT2D eigenvalue weighted by atomic mass is 16.3. The molecule has 19 heavy (non-hydrogen) atoms. The predicted molar refractivity (Wildman–Crippen MR) is 78.4 cm³/mol. The van der Waals surface area contributed by atoms with E-state index in [2.05, 4.69) is 50.2 Å². The van der Waals surface area contributed by atoms with Crippen LogP contribution in [0.1, 0.15) is 52.7 Å². The number of aryl methyl sites for hydroxylation is 2. The SMILES string of the molecule is Cc1ccc(C(O)c2ccc(C3CC3)cc2)c(C)c1. The maximum Gasteiger partial charge on any atom is 0.104 e. The summed E-state index contributed by atoms with van der Waals surface area (Å²) in [4.78, 5) is 0. The minimum Gasteiger partial charge on any atom is -0.384 e. The molecule has 1 fully saturated rings. The molecule has 1 heteroatoms. The molecule has 0 aliphatic heterocycles. The van der Waals surface area contributed by atoms with Crippen molar-refractivity contribution in [1.29, 1.82) is 0 Å². The van der Waals surface area contributed by atoms with E-state index in [1.165, 1.54) is 24.0 Å². The van der Waals surface area contributed by atoms with E-state index in [0.717, 1.165) is 22.6 Å². The van der Waals surface area contributed by atoms with Gasteiger partial charge in [0, 0.05) is 0 Å². The van der Waals surface area contributed by atoms with Gasteiger partial charge in [0.1, 0.15) is 6.10 Å². The van der Waals surface area contributed by atoms with E-state index in [1.54, 1.807) is 0 Å². The summed E-state index contributed by atoms with van der Waals surface area (Å²) in [5.41, 5.74) is 5.79. The number of hydrogen-bond donors (Lipinski definition) is 1. The van der Waals surface area contributed by atoms with E-state index < -0.39 is 6.10 Å². The smallest absolute Gasteiger partial charge is 0.104 e. The Balaban J connectivity index is 1.87. The second-order valence-electron chi connectivity index (χ2n) is 5.70. The van der Waals surface area contributed by atoms with Crippen molar-refractivity contribution in [3.05, 3.63) is 70.3 Å². The normalized spacial score (nSPS) is 16.4.